The number of carbonyl (C=O) groups is 4. The van der Waals surface area contributed by atoms with Crippen molar-refractivity contribution >= 4 is 24.2 Å². The summed E-state index contributed by atoms with van der Waals surface area (Å²) in [5.74, 6) is -3.32. The first kappa shape index (κ1) is 34.7. The van der Waals surface area contributed by atoms with Crippen LogP contribution in [0.5, 0.6) is 11.5 Å². The van der Waals surface area contributed by atoms with Gasteiger partial charge in [-0.2, -0.15) is 0 Å². The molecular formula is C29H45NO10. The van der Waals surface area contributed by atoms with Crippen molar-refractivity contribution in [3.63, 3.8) is 0 Å². The second-order valence-electron chi connectivity index (χ2n) is 10.00. The summed E-state index contributed by atoms with van der Waals surface area (Å²) >= 11 is 0. The lowest BCUT2D eigenvalue weighted by molar-refractivity contribution is -0.145. The fourth-order valence-corrected chi connectivity index (χ4v) is 4.15. The van der Waals surface area contributed by atoms with Crippen LogP contribution in [0, 0.1) is 5.92 Å². The maximum atomic E-state index is 12.5. The minimum atomic E-state index is -1.37. The minimum absolute atomic E-state index is 0.0686. The maximum Gasteiger partial charge on any atom is 0.514 e. The highest BCUT2D eigenvalue weighted by atomic mass is 16.7. The van der Waals surface area contributed by atoms with Crippen LogP contribution >= 0.6 is 0 Å². The lowest BCUT2D eigenvalue weighted by atomic mass is 9.82. The Balaban J connectivity index is 3.33. The molecule has 0 aliphatic rings. The average Bonchev–Trinajstić information content (AvgIpc) is 2.87. The number of aliphatic carboxylic acids is 1. The monoisotopic (exact) mass is 567 g/mol. The Morgan fingerprint density at radius 2 is 1.40 bits per heavy atom. The number of unbranched alkanes of at least 4 members (excludes halogenated alkanes) is 1. The number of hydrogen-bond donors (Lipinski definition) is 2. The molecule has 0 bridgehead atoms. The molecule has 0 saturated carbocycles. The van der Waals surface area contributed by atoms with Crippen molar-refractivity contribution in [2.75, 3.05) is 6.61 Å². The van der Waals surface area contributed by atoms with Crippen molar-refractivity contribution in [1.82, 2.24) is 0 Å². The largest absolute Gasteiger partial charge is 0.514 e. The standard InChI is InChI=1S/C29H45NO10/c1-7-10-13-24(31)36-17-18(4)25(26(30)27(32)33)21-14-15-22(39-28(34)37-19(5)11-8-2)23(16-21)40-29(35)38-20(6)12-9-3/h14-16,18-20,25-26H,7-13,17,30H2,1-6H3,(H,32,33)/t18?,19?,20?,25?,26-/m0/s1. The second-order valence-corrected chi connectivity index (χ2v) is 10.00. The molecule has 226 valence electrons. The van der Waals surface area contributed by atoms with Crippen molar-refractivity contribution in [3.8, 4) is 11.5 Å². The quantitative estimate of drug-likeness (QED) is 0.130. The van der Waals surface area contributed by atoms with Gasteiger partial charge in [-0.1, -0.05) is 53.0 Å². The van der Waals surface area contributed by atoms with E-state index in [1.54, 1.807) is 20.8 Å². The van der Waals surface area contributed by atoms with Crippen LogP contribution in [0.3, 0.4) is 0 Å². The highest BCUT2D eigenvalue weighted by molar-refractivity contribution is 5.75. The predicted octanol–water partition coefficient (Wildman–Crippen LogP) is 5.96. The number of benzene rings is 1. The molecular weight excluding hydrogens is 522 g/mol. The van der Waals surface area contributed by atoms with Crippen LogP contribution in [0.2, 0.25) is 0 Å². The van der Waals surface area contributed by atoms with Crippen LogP contribution in [-0.2, 0) is 23.8 Å². The van der Waals surface area contributed by atoms with Crippen LogP contribution in [0.25, 0.3) is 0 Å². The first-order chi connectivity index (χ1) is 18.9. The Bertz CT molecular complexity index is 966. The van der Waals surface area contributed by atoms with Gasteiger partial charge in [0.05, 0.1) is 6.61 Å². The van der Waals surface area contributed by atoms with E-state index < -0.39 is 42.3 Å². The Hall–Kier alpha value is -3.34. The first-order valence-electron chi connectivity index (χ1n) is 14.0. The van der Waals surface area contributed by atoms with E-state index in [-0.39, 0.29) is 36.6 Å². The fourth-order valence-electron chi connectivity index (χ4n) is 4.15. The van der Waals surface area contributed by atoms with E-state index in [1.165, 1.54) is 18.2 Å². The molecule has 0 amide bonds. The molecule has 0 fully saturated rings. The molecule has 40 heavy (non-hydrogen) atoms. The number of carbonyl (C=O) groups excluding carboxylic acids is 3. The van der Waals surface area contributed by atoms with Gasteiger partial charge in [0.2, 0.25) is 0 Å². The summed E-state index contributed by atoms with van der Waals surface area (Å²) in [6, 6.07) is 2.87. The zero-order chi connectivity index (χ0) is 30.2. The third kappa shape index (κ3) is 12.2. The van der Waals surface area contributed by atoms with Crippen LogP contribution in [0.1, 0.15) is 98.0 Å². The molecule has 11 nitrogen and oxygen atoms in total. The van der Waals surface area contributed by atoms with Crippen molar-refractivity contribution < 1.29 is 48.0 Å². The molecule has 4 unspecified atom stereocenters. The summed E-state index contributed by atoms with van der Waals surface area (Å²) in [6.45, 7) is 10.9. The Kier molecular flexibility index (Phi) is 15.7. The molecule has 0 aliphatic heterocycles. The molecule has 11 heteroatoms. The number of esters is 1. The summed E-state index contributed by atoms with van der Waals surface area (Å²) in [5.41, 5.74) is 6.43. The summed E-state index contributed by atoms with van der Waals surface area (Å²) in [5, 5.41) is 9.70. The van der Waals surface area contributed by atoms with Gasteiger partial charge in [-0.25, -0.2) is 9.59 Å². The zero-order valence-electron chi connectivity index (χ0n) is 24.5. The van der Waals surface area contributed by atoms with Crippen molar-refractivity contribution in [2.24, 2.45) is 11.7 Å². The van der Waals surface area contributed by atoms with E-state index in [9.17, 15) is 24.3 Å². The fraction of sp³-hybridized carbons (Fsp3) is 0.655. The number of ether oxygens (including phenoxy) is 5. The number of nitrogens with two attached hydrogens (primary N) is 1. The van der Waals surface area contributed by atoms with Gasteiger partial charge in [0.15, 0.2) is 11.5 Å². The van der Waals surface area contributed by atoms with Crippen LogP contribution in [-0.4, -0.2) is 54.2 Å². The summed E-state index contributed by atoms with van der Waals surface area (Å²) < 4.78 is 26.6. The lowest BCUT2D eigenvalue weighted by Crippen LogP contribution is -2.40. The normalized spacial score (nSPS) is 14.7. The third-order valence-corrected chi connectivity index (χ3v) is 6.25. The molecule has 5 atom stereocenters. The number of rotatable bonds is 17. The summed E-state index contributed by atoms with van der Waals surface area (Å²) in [4.78, 5) is 48.8. The Morgan fingerprint density at radius 1 is 0.850 bits per heavy atom. The Morgan fingerprint density at radius 3 is 1.90 bits per heavy atom. The van der Waals surface area contributed by atoms with Crippen LogP contribution in [0.15, 0.2) is 18.2 Å². The number of carboxylic acids is 1. The topological polar surface area (TPSA) is 161 Å². The molecule has 0 heterocycles. The molecule has 0 saturated heterocycles. The molecule has 0 radical (unpaired) electrons. The number of hydrogen-bond acceptors (Lipinski definition) is 10. The van der Waals surface area contributed by atoms with Gasteiger partial charge in [0.25, 0.3) is 0 Å². The van der Waals surface area contributed by atoms with Gasteiger partial charge >= 0.3 is 24.2 Å². The van der Waals surface area contributed by atoms with E-state index in [0.717, 1.165) is 19.3 Å². The van der Waals surface area contributed by atoms with E-state index in [2.05, 4.69) is 0 Å². The molecule has 1 aromatic carbocycles. The van der Waals surface area contributed by atoms with Gasteiger partial charge in [0, 0.05) is 12.3 Å². The zero-order valence-corrected chi connectivity index (χ0v) is 24.5. The SMILES string of the molecule is CCCCC(=O)OCC(C)C(c1ccc(OC(=O)OC(C)CCC)c(OC(=O)OC(C)CCC)c1)[C@H](N)C(=O)O. The average molecular weight is 568 g/mol. The van der Waals surface area contributed by atoms with Gasteiger partial charge < -0.3 is 34.5 Å². The van der Waals surface area contributed by atoms with E-state index >= 15 is 0 Å². The molecule has 1 rings (SSSR count). The molecule has 0 aliphatic carbocycles. The third-order valence-electron chi connectivity index (χ3n) is 6.25. The lowest BCUT2D eigenvalue weighted by Gasteiger charge is -2.28. The summed E-state index contributed by atoms with van der Waals surface area (Å²) in [7, 11) is 0. The van der Waals surface area contributed by atoms with Gasteiger partial charge in [-0.05, 0) is 56.7 Å². The maximum absolute atomic E-state index is 12.5. The molecule has 3 N–H and O–H groups in total. The molecule has 0 aromatic heterocycles. The van der Waals surface area contributed by atoms with Crippen molar-refractivity contribution in [3.05, 3.63) is 23.8 Å². The smallest absolute Gasteiger partial charge is 0.480 e. The van der Waals surface area contributed by atoms with E-state index in [1.807, 2.05) is 20.8 Å². The Labute approximate surface area is 236 Å². The number of carboxylic acid groups (broad SMARTS) is 1. The summed E-state index contributed by atoms with van der Waals surface area (Å²) in [6.07, 6.45) is 1.80. The van der Waals surface area contributed by atoms with E-state index in [4.69, 9.17) is 29.4 Å². The molecule has 1 aromatic rings. The second kappa shape index (κ2) is 18.1. The first-order valence-corrected chi connectivity index (χ1v) is 14.0. The van der Waals surface area contributed by atoms with Crippen molar-refractivity contribution in [1.29, 1.82) is 0 Å². The predicted molar refractivity (Wildman–Crippen MR) is 147 cm³/mol. The molecule has 0 spiro atoms. The van der Waals surface area contributed by atoms with Gasteiger partial charge in [-0.15, -0.1) is 0 Å². The highest BCUT2D eigenvalue weighted by Crippen LogP contribution is 2.36. The van der Waals surface area contributed by atoms with Gasteiger partial charge in [0.1, 0.15) is 18.2 Å². The van der Waals surface area contributed by atoms with Crippen molar-refractivity contribution in [2.45, 2.75) is 111 Å². The van der Waals surface area contributed by atoms with Crippen LogP contribution < -0.4 is 15.2 Å². The van der Waals surface area contributed by atoms with Crippen LogP contribution in [0.4, 0.5) is 9.59 Å². The van der Waals surface area contributed by atoms with E-state index in [0.29, 0.717) is 24.8 Å². The van der Waals surface area contributed by atoms with Gasteiger partial charge in [-0.3, -0.25) is 9.59 Å². The minimum Gasteiger partial charge on any atom is -0.480 e. The highest BCUT2D eigenvalue weighted by Gasteiger charge is 2.33.